The fourth-order valence-corrected chi connectivity index (χ4v) is 3.48. The zero-order valence-electron chi connectivity index (χ0n) is 16.1. The van der Waals surface area contributed by atoms with Crippen LogP contribution in [0.25, 0.3) is 11.1 Å². The van der Waals surface area contributed by atoms with Crippen LogP contribution in [0.2, 0.25) is 0 Å². The van der Waals surface area contributed by atoms with Gasteiger partial charge < -0.3 is 15.5 Å². The molecule has 0 atom stereocenters. The van der Waals surface area contributed by atoms with Crippen molar-refractivity contribution in [3.8, 4) is 11.1 Å². The number of hydrogen-bond acceptors (Lipinski definition) is 4. The van der Waals surface area contributed by atoms with Gasteiger partial charge in [-0.05, 0) is 36.1 Å². The molecule has 3 N–H and O–H groups in total. The van der Waals surface area contributed by atoms with Gasteiger partial charge in [-0.1, -0.05) is 43.2 Å². The van der Waals surface area contributed by atoms with Crippen LogP contribution in [-0.2, 0) is 4.79 Å². The molecule has 3 rings (SSSR count). The van der Waals surface area contributed by atoms with E-state index >= 15 is 0 Å². The lowest BCUT2D eigenvalue weighted by Crippen LogP contribution is -2.44. The van der Waals surface area contributed by atoms with Gasteiger partial charge in [0, 0.05) is 29.7 Å². The van der Waals surface area contributed by atoms with Gasteiger partial charge in [-0.3, -0.25) is 9.59 Å². The minimum atomic E-state index is -5.08. The Morgan fingerprint density at radius 3 is 2.20 bits per heavy atom. The largest absolute Gasteiger partial charge is 0.442 e. The molecular formula is C22H22F3NO4. The monoisotopic (exact) mass is 421 g/mol. The van der Waals surface area contributed by atoms with E-state index < -0.39 is 18.4 Å². The molecule has 0 radical (unpaired) electrons. The number of benzene rings is 2. The molecule has 160 valence electrons. The van der Waals surface area contributed by atoms with Gasteiger partial charge in [-0.25, -0.2) is 0 Å². The van der Waals surface area contributed by atoms with Crippen molar-refractivity contribution in [1.29, 1.82) is 0 Å². The molecule has 1 amide bonds. The Labute approximate surface area is 171 Å². The van der Waals surface area contributed by atoms with Gasteiger partial charge in [-0.15, -0.1) is 0 Å². The molecule has 0 saturated carbocycles. The number of aliphatic hydroxyl groups is 2. The van der Waals surface area contributed by atoms with Gasteiger partial charge in [-0.2, -0.15) is 13.2 Å². The number of hydrogen-bond donors (Lipinski definition) is 3. The second kappa shape index (κ2) is 8.57. The first-order chi connectivity index (χ1) is 14.1. The first-order valence-electron chi connectivity index (χ1n) is 9.69. The summed E-state index contributed by atoms with van der Waals surface area (Å²) in [6.45, 7) is 0. The molecule has 2 aromatic rings. The maximum absolute atomic E-state index is 12.5. The van der Waals surface area contributed by atoms with Crippen LogP contribution in [0.5, 0.6) is 0 Å². The molecule has 0 saturated heterocycles. The quantitative estimate of drug-likeness (QED) is 0.371. The number of carbonyl (C=O) groups is 2. The Balaban J connectivity index is 1.44. The predicted octanol–water partition coefficient (Wildman–Crippen LogP) is 4.42. The van der Waals surface area contributed by atoms with E-state index in [0.29, 0.717) is 36.1 Å². The molecule has 1 aliphatic carbocycles. The number of halogens is 3. The smallest absolute Gasteiger partial charge is 0.359 e. The molecule has 5 nitrogen and oxygen atoms in total. The minimum absolute atomic E-state index is 0.0123. The van der Waals surface area contributed by atoms with Crippen molar-refractivity contribution in [2.45, 2.75) is 50.5 Å². The van der Waals surface area contributed by atoms with E-state index in [9.17, 15) is 22.8 Å². The van der Waals surface area contributed by atoms with Crippen LogP contribution in [-0.4, -0.2) is 33.9 Å². The average molecular weight is 421 g/mol. The third-order valence-electron chi connectivity index (χ3n) is 5.14. The van der Waals surface area contributed by atoms with Crippen molar-refractivity contribution in [2.75, 3.05) is 5.32 Å². The maximum Gasteiger partial charge on any atom is 0.442 e. The Bertz CT molecular complexity index is 954. The summed E-state index contributed by atoms with van der Waals surface area (Å²) in [5.41, 5.74) is 3.38. The molecule has 0 bridgehead atoms. The zero-order chi connectivity index (χ0) is 21.9. The Morgan fingerprint density at radius 1 is 0.867 bits per heavy atom. The van der Waals surface area contributed by atoms with Crippen LogP contribution in [0.15, 0.2) is 42.5 Å². The van der Waals surface area contributed by atoms with Gasteiger partial charge in [0.05, 0.1) is 0 Å². The Kier molecular flexibility index (Phi) is 6.28. The van der Waals surface area contributed by atoms with Crippen molar-refractivity contribution in [1.82, 2.24) is 0 Å². The van der Waals surface area contributed by atoms with Gasteiger partial charge in [0.2, 0.25) is 5.91 Å². The van der Waals surface area contributed by atoms with Gasteiger partial charge in [0.15, 0.2) is 5.78 Å². The van der Waals surface area contributed by atoms with Crippen LogP contribution in [0, 0.1) is 0 Å². The first-order valence-corrected chi connectivity index (χ1v) is 9.69. The summed E-state index contributed by atoms with van der Waals surface area (Å²) >= 11 is 0. The standard InChI is InChI=1S/C22H22F3NO4/c23-22(24,25)21(29,30)12-6-2-1-3-9-19(27)26-14-10-11-16-15-7-4-5-8-17(15)20(28)18(16)13-14/h4-5,7-8,10-11,13,29-30H,1-3,6,9,12H2,(H,26,27). The van der Waals surface area contributed by atoms with Crippen LogP contribution >= 0.6 is 0 Å². The zero-order valence-corrected chi connectivity index (χ0v) is 16.1. The predicted molar refractivity (Wildman–Crippen MR) is 105 cm³/mol. The summed E-state index contributed by atoms with van der Waals surface area (Å²) in [7, 11) is 0. The molecule has 1 aliphatic rings. The highest BCUT2D eigenvalue weighted by Crippen LogP contribution is 2.37. The normalized spacial score (nSPS) is 13.2. The molecule has 0 spiro atoms. The van der Waals surface area contributed by atoms with Gasteiger partial charge >= 0.3 is 6.18 Å². The lowest BCUT2D eigenvalue weighted by molar-refractivity contribution is -0.351. The lowest BCUT2D eigenvalue weighted by Gasteiger charge is -2.24. The van der Waals surface area contributed by atoms with Gasteiger partial charge in [0.25, 0.3) is 5.79 Å². The summed E-state index contributed by atoms with van der Waals surface area (Å²) in [6.07, 6.45) is -4.43. The molecule has 0 aromatic heterocycles. The van der Waals surface area contributed by atoms with Crippen molar-refractivity contribution in [2.24, 2.45) is 0 Å². The molecule has 0 heterocycles. The highest BCUT2D eigenvalue weighted by molar-refractivity contribution is 6.22. The number of nitrogens with one attached hydrogen (secondary N) is 1. The van der Waals surface area contributed by atoms with Crippen LogP contribution in [0.3, 0.4) is 0 Å². The van der Waals surface area contributed by atoms with E-state index in [4.69, 9.17) is 10.2 Å². The van der Waals surface area contributed by atoms with Crippen molar-refractivity contribution in [3.63, 3.8) is 0 Å². The Hall–Kier alpha value is -2.71. The number of anilines is 1. The van der Waals surface area contributed by atoms with Crippen molar-refractivity contribution < 1.29 is 33.0 Å². The number of amides is 1. The number of rotatable bonds is 8. The maximum atomic E-state index is 12.5. The molecule has 2 aromatic carbocycles. The first kappa shape index (κ1) is 22.0. The lowest BCUT2D eigenvalue weighted by atomic mass is 10.0. The van der Waals surface area contributed by atoms with E-state index in [1.165, 1.54) is 0 Å². The van der Waals surface area contributed by atoms with Crippen molar-refractivity contribution >= 4 is 17.4 Å². The summed E-state index contributed by atoms with van der Waals surface area (Å²) in [4.78, 5) is 24.6. The highest BCUT2D eigenvalue weighted by Gasteiger charge is 2.52. The molecule has 0 aliphatic heterocycles. The second-order valence-electron chi connectivity index (χ2n) is 7.41. The van der Waals surface area contributed by atoms with Crippen LogP contribution in [0.1, 0.15) is 54.4 Å². The third kappa shape index (κ3) is 4.71. The molecule has 0 unspecified atom stereocenters. The average Bonchev–Trinajstić information content (AvgIpc) is 2.96. The molecule has 30 heavy (non-hydrogen) atoms. The molecular weight excluding hydrogens is 399 g/mol. The van der Waals surface area contributed by atoms with Crippen molar-refractivity contribution in [3.05, 3.63) is 53.6 Å². The van der Waals surface area contributed by atoms with Gasteiger partial charge in [0.1, 0.15) is 0 Å². The fraction of sp³-hybridized carbons (Fsp3) is 0.364. The van der Waals surface area contributed by atoms with Crippen LogP contribution < -0.4 is 5.32 Å². The van der Waals surface area contributed by atoms with Crippen LogP contribution in [0.4, 0.5) is 18.9 Å². The Morgan fingerprint density at radius 2 is 1.50 bits per heavy atom. The summed E-state index contributed by atoms with van der Waals surface area (Å²) in [5.74, 6) is -4.01. The minimum Gasteiger partial charge on any atom is -0.359 e. The highest BCUT2D eigenvalue weighted by atomic mass is 19.4. The van der Waals surface area contributed by atoms with E-state index in [2.05, 4.69) is 5.32 Å². The summed E-state index contributed by atoms with van der Waals surface area (Å²) < 4.78 is 37.0. The second-order valence-corrected chi connectivity index (χ2v) is 7.41. The molecule has 0 fully saturated rings. The fourth-order valence-electron chi connectivity index (χ4n) is 3.48. The number of alkyl halides is 3. The van der Waals surface area contributed by atoms with E-state index in [1.807, 2.05) is 12.1 Å². The summed E-state index contributed by atoms with van der Waals surface area (Å²) in [6, 6.07) is 12.5. The SMILES string of the molecule is O=C(CCCCCCC(O)(O)C(F)(F)F)Nc1ccc2c(c1)C(=O)c1ccccc1-2. The number of carbonyl (C=O) groups excluding carboxylic acids is 2. The number of ketones is 1. The molecule has 8 heteroatoms. The van der Waals surface area contributed by atoms with E-state index in [0.717, 1.165) is 11.1 Å². The number of fused-ring (bicyclic) bond motifs is 3. The third-order valence-corrected chi connectivity index (χ3v) is 5.14. The van der Waals surface area contributed by atoms with E-state index in [1.54, 1.807) is 30.3 Å². The number of unbranched alkanes of at least 4 members (excludes halogenated alkanes) is 3. The summed E-state index contributed by atoms with van der Waals surface area (Å²) in [5, 5.41) is 20.6. The topological polar surface area (TPSA) is 86.6 Å². The van der Waals surface area contributed by atoms with E-state index in [-0.39, 0.29) is 24.5 Å².